The number of aliphatic imine (C=N–C) groups is 1. The quantitative estimate of drug-likeness (QED) is 0.491. The van der Waals surface area contributed by atoms with Crippen molar-refractivity contribution >= 4 is 56.5 Å². The largest absolute Gasteiger partial charge is 0.481 e. The molecule has 6 nitrogen and oxygen atoms in total. The predicted octanol–water partition coefficient (Wildman–Crippen LogP) is 4.42. The van der Waals surface area contributed by atoms with E-state index in [1.807, 2.05) is 0 Å². The number of ether oxygens (including phenoxy) is 2. The summed E-state index contributed by atoms with van der Waals surface area (Å²) in [4.78, 5) is 28.6. The number of nitrogens with one attached hydrogen (secondary N) is 1. The zero-order chi connectivity index (χ0) is 20.8. The van der Waals surface area contributed by atoms with Crippen LogP contribution in [0, 0.1) is 5.82 Å². The van der Waals surface area contributed by atoms with Gasteiger partial charge in [-0.25, -0.2) is 14.2 Å². The van der Waals surface area contributed by atoms with E-state index < -0.39 is 5.97 Å². The Hall–Kier alpha value is -2.65. The Morgan fingerprint density at radius 1 is 1.28 bits per heavy atom. The zero-order valence-electron chi connectivity index (χ0n) is 15.3. The number of benzene rings is 2. The van der Waals surface area contributed by atoms with Crippen molar-refractivity contribution in [2.75, 3.05) is 13.2 Å². The van der Waals surface area contributed by atoms with Crippen LogP contribution in [0.25, 0.3) is 6.08 Å². The normalized spacial score (nSPS) is 16.2. The van der Waals surface area contributed by atoms with Gasteiger partial charge in [0.15, 0.2) is 11.8 Å². The van der Waals surface area contributed by atoms with Crippen LogP contribution in [0.5, 0.6) is 5.75 Å². The smallest absolute Gasteiger partial charge is 0.344 e. The molecule has 2 aromatic rings. The van der Waals surface area contributed by atoms with Gasteiger partial charge in [0.1, 0.15) is 11.6 Å². The molecule has 0 radical (unpaired) electrons. The molecule has 9 heteroatoms. The van der Waals surface area contributed by atoms with E-state index in [0.717, 1.165) is 16.2 Å². The highest BCUT2D eigenvalue weighted by molar-refractivity contribution is 9.10. The van der Waals surface area contributed by atoms with E-state index in [1.54, 1.807) is 31.2 Å². The summed E-state index contributed by atoms with van der Waals surface area (Å²) < 4.78 is 24.2. The fourth-order valence-electron chi connectivity index (χ4n) is 2.36. The van der Waals surface area contributed by atoms with Crippen molar-refractivity contribution in [2.24, 2.45) is 4.99 Å². The number of halogens is 2. The second-order valence-electron chi connectivity index (χ2n) is 5.73. The zero-order valence-corrected chi connectivity index (χ0v) is 17.7. The molecular formula is C20H16BrFN2O4S. The first kappa shape index (κ1) is 21.1. The van der Waals surface area contributed by atoms with Gasteiger partial charge in [-0.3, -0.25) is 4.79 Å². The van der Waals surface area contributed by atoms with Crippen LogP contribution in [0.1, 0.15) is 12.5 Å². The van der Waals surface area contributed by atoms with Gasteiger partial charge in [0.05, 0.1) is 17.2 Å². The van der Waals surface area contributed by atoms with E-state index >= 15 is 0 Å². The minimum absolute atomic E-state index is 0.234. The van der Waals surface area contributed by atoms with Crippen molar-refractivity contribution in [1.29, 1.82) is 0 Å². The molecule has 2 aromatic carbocycles. The summed E-state index contributed by atoms with van der Waals surface area (Å²) in [5.41, 5.74) is 1.14. The molecule has 0 bridgehead atoms. The predicted molar refractivity (Wildman–Crippen MR) is 113 cm³/mol. The van der Waals surface area contributed by atoms with Crippen LogP contribution in [-0.2, 0) is 14.3 Å². The fraction of sp³-hybridized carbons (Fsp3) is 0.150. The van der Waals surface area contributed by atoms with Gasteiger partial charge in [-0.15, -0.1) is 0 Å². The highest BCUT2D eigenvalue weighted by atomic mass is 79.9. The van der Waals surface area contributed by atoms with Crippen LogP contribution in [-0.4, -0.2) is 30.3 Å². The second kappa shape index (κ2) is 9.71. The van der Waals surface area contributed by atoms with Gasteiger partial charge in [0.25, 0.3) is 5.91 Å². The molecule has 0 aromatic heterocycles. The fourth-order valence-corrected chi connectivity index (χ4v) is 3.57. The molecule has 1 aliphatic heterocycles. The number of hydrogen-bond acceptors (Lipinski definition) is 6. The monoisotopic (exact) mass is 478 g/mol. The minimum atomic E-state index is -0.476. The van der Waals surface area contributed by atoms with Crippen LogP contribution in [0.2, 0.25) is 0 Å². The number of carbonyl (C=O) groups is 2. The number of esters is 1. The summed E-state index contributed by atoms with van der Waals surface area (Å²) in [6.07, 6.45) is 1.65. The van der Waals surface area contributed by atoms with E-state index in [0.29, 0.717) is 27.1 Å². The van der Waals surface area contributed by atoms with E-state index in [9.17, 15) is 14.0 Å². The lowest BCUT2D eigenvalue weighted by molar-refractivity contribution is -0.145. The molecule has 150 valence electrons. The Bertz CT molecular complexity index is 992. The first-order chi connectivity index (χ1) is 13.9. The summed E-state index contributed by atoms with van der Waals surface area (Å²) >= 11 is 4.54. The Morgan fingerprint density at radius 2 is 2.03 bits per heavy atom. The topological polar surface area (TPSA) is 77.0 Å². The summed E-state index contributed by atoms with van der Waals surface area (Å²) in [6, 6.07) is 10.9. The van der Waals surface area contributed by atoms with Crippen molar-refractivity contribution in [3.05, 3.63) is 63.2 Å². The van der Waals surface area contributed by atoms with Crippen LogP contribution in [0.3, 0.4) is 0 Å². The molecule has 1 aliphatic rings. The number of rotatable bonds is 6. The van der Waals surface area contributed by atoms with Crippen LogP contribution in [0.15, 0.2) is 56.8 Å². The highest BCUT2D eigenvalue weighted by Crippen LogP contribution is 2.32. The number of amidine groups is 1. The molecule has 0 atom stereocenters. The average Bonchev–Trinajstić information content (AvgIpc) is 3.02. The summed E-state index contributed by atoms with van der Waals surface area (Å²) in [5, 5.41) is 3.06. The molecule has 0 aliphatic carbocycles. The molecule has 0 saturated carbocycles. The van der Waals surface area contributed by atoms with Crippen LogP contribution >= 0.6 is 27.7 Å². The summed E-state index contributed by atoms with van der Waals surface area (Å²) in [7, 11) is 0. The maximum absolute atomic E-state index is 13.0. The van der Waals surface area contributed by atoms with Gasteiger partial charge >= 0.3 is 5.97 Å². The average molecular weight is 479 g/mol. The first-order valence-corrected chi connectivity index (χ1v) is 10.2. The third-order valence-corrected chi connectivity index (χ3v) is 5.02. The Labute approximate surface area is 179 Å². The molecule has 1 amide bonds. The third-order valence-electron chi connectivity index (χ3n) is 3.62. The number of amides is 1. The van der Waals surface area contributed by atoms with Crippen molar-refractivity contribution in [1.82, 2.24) is 5.32 Å². The summed E-state index contributed by atoms with van der Waals surface area (Å²) in [5.74, 6) is -0.711. The van der Waals surface area contributed by atoms with Gasteiger partial charge in [0.2, 0.25) is 0 Å². The van der Waals surface area contributed by atoms with Gasteiger partial charge < -0.3 is 14.8 Å². The van der Waals surface area contributed by atoms with E-state index in [4.69, 9.17) is 9.47 Å². The molecule has 1 saturated heterocycles. The molecule has 0 spiro atoms. The number of nitrogens with zero attached hydrogens (tertiary/aromatic N) is 1. The lowest BCUT2D eigenvalue weighted by Gasteiger charge is -2.09. The lowest BCUT2D eigenvalue weighted by Crippen LogP contribution is -2.19. The van der Waals surface area contributed by atoms with Crippen LogP contribution < -0.4 is 10.1 Å². The number of thioether (sulfide) groups is 1. The van der Waals surface area contributed by atoms with E-state index in [-0.39, 0.29) is 24.9 Å². The third kappa shape index (κ3) is 5.91. The summed E-state index contributed by atoms with van der Waals surface area (Å²) in [6.45, 7) is 1.75. The number of carbonyl (C=O) groups excluding carboxylic acids is 2. The Balaban J connectivity index is 1.80. The molecule has 1 N–H and O–H groups in total. The van der Waals surface area contributed by atoms with Crippen molar-refractivity contribution in [2.45, 2.75) is 6.92 Å². The first-order valence-electron chi connectivity index (χ1n) is 8.57. The van der Waals surface area contributed by atoms with Gasteiger partial charge in [-0.1, -0.05) is 15.9 Å². The minimum Gasteiger partial charge on any atom is -0.481 e. The molecule has 3 rings (SSSR count). The second-order valence-corrected chi connectivity index (χ2v) is 7.68. The molecule has 1 heterocycles. The maximum atomic E-state index is 13.0. The molecule has 1 fully saturated rings. The molecular weight excluding hydrogens is 463 g/mol. The van der Waals surface area contributed by atoms with E-state index in [1.165, 1.54) is 24.3 Å². The standard InChI is InChI=1S/C20H16BrFN2O4S/c1-2-27-18(25)11-28-16-8-3-13(21)9-12(16)10-17-19(26)24-20(29-17)23-15-6-4-14(22)5-7-15/h3-10H,2,11H2,1H3,(H,23,24,26)/b17-10+. The van der Waals surface area contributed by atoms with E-state index in [2.05, 4.69) is 26.2 Å². The highest BCUT2D eigenvalue weighted by Gasteiger charge is 2.24. The van der Waals surface area contributed by atoms with Gasteiger partial charge in [-0.2, -0.15) is 0 Å². The van der Waals surface area contributed by atoms with Crippen molar-refractivity contribution in [3.63, 3.8) is 0 Å². The Morgan fingerprint density at radius 3 is 2.76 bits per heavy atom. The maximum Gasteiger partial charge on any atom is 0.344 e. The van der Waals surface area contributed by atoms with Gasteiger partial charge in [0, 0.05) is 10.0 Å². The van der Waals surface area contributed by atoms with Gasteiger partial charge in [-0.05, 0) is 67.2 Å². The Kier molecular flexibility index (Phi) is 7.05. The SMILES string of the molecule is CCOC(=O)COc1ccc(Br)cc1/C=C1/SC(=Nc2ccc(F)cc2)NC1=O. The number of hydrogen-bond donors (Lipinski definition) is 1. The van der Waals surface area contributed by atoms with Crippen molar-refractivity contribution in [3.8, 4) is 5.75 Å². The molecule has 0 unspecified atom stereocenters. The lowest BCUT2D eigenvalue weighted by atomic mass is 10.2. The molecule has 29 heavy (non-hydrogen) atoms. The van der Waals surface area contributed by atoms with Crippen LogP contribution in [0.4, 0.5) is 10.1 Å². The van der Waals surface area contributed by atoms with Crippen molar-refractivity contribution < 1.29 is 23.5 Å².